The van der Waals surface area contributed by atoms with Gasteiger partial charge in [-0.05, 0) is 42.5 Å². The number of anilines is 2. The van der Waals surface area contributed by atoms with Gasteiger partial charge in [0.1, 0.15) is 11.6 Å². The van der Waals surface area contributed by atoms with E-state index in [1.807, 2.05) is 66.7 Å². The predicted octanol–water partition coefficient (Wildman–Crippen LogP) is 5.07. The van der Waals surface area contributed by atoms with E-state index in [4.69, 9.17) is 24.2 Å². The predicted molar refractivity (Wildman–Crippen MR) is 114 cm³/mol. The summed E-state index contributed by atoms with van der Waals surface area (Å²) in [6.45, 7) is 0. The van der Waals surface area contributed by atoms with Gasteiger partial charge < -0.3 is 19.5 Å². The summed E-state index contributed by atoms with van der Waals surface area (Å²) in [6.07, 6.45) is 0. The molecular formula is C23H21N3O3. The van der Waals surface area contributed by atoms with Gasteiger partial charge in [-0.15, -0.1) is 0 Å². The van der Waals surface area contributed by atoms with Crippen molar-refractivity contribution in [2.45, 2.75) is 0 Å². The lowest BCUT2D eigenvalue weighted by atomic mass is 10.1. The molecule has 0 bridgehead atoms. The molecule has 0 saturated heterocycles. The van der Waals surface area contributed by atoms with Gasteiger partial charge >= 0.3 is 0 Å². The number of ether oxygens (including phenoxy) is 3. The Morgan fingerprint density at radius 2 is 1.41 bits per heavy atom. The van der Waals surface area contributed by atoms with Gasteiger partial charge in [0, 0.05) is 10.9 Å². The van der Waals surface area contributed by atoms with E-state index in [1.54, 1.807) is 21.3 Å². The molecule has 4 rings (SSSR count). The third kappa shape index (κ3) is 3.65. The zero-order valence-corrected chi connectivity index (χ0v) is 16.5. The number of nitrogens with zero attached hydrogens (tertiary/aromatic N) is 2. The number of nitrogens with one attached hydrogen (secondary N) is 1. The van der Waals surface area contributed by atoms with Gasteiger partial charge in [-0.3, -0.25) is 0 Å². The molecule has 0 aliphatic heterocycles. The Bertz CT molecular complexity index is 1160. The topological polar surface area (TPSA) is 65.5 Å². The molecule has 1 heterocycles. The maximum absolute atomic E-state index is 5.46. The minimum atomic E-state index is 0.585. The second-order valence-electron chi connectivity index (χ2n) is 6.31. The van der Waals surface area contributed by atoms with Crippen LogP contribution >= 0.6 is 0 Å². The van der Waals surface area contributed by atoms with Crippen LogP contribution in [0.25, 0.3) is 22.3 Å². The fourth-order valence-electron chi connectivity index (χ4n) is 3.15. The first-order chi connectivity index (χ1) is 14.2. The molecule has 0 saturated carbocycles. The maximum Gasteiger partial charge on any atom is 0.162 e. The highest BCUT2D eigenvalue weighted by Gasteiger charge is 2.13. The van der Waals surface area contributed by atoms with E-state index in [0.717, 1.165) is 27.9 Å². The summed E-state index contributed by atoms with van der Waals surface area (Å²) >= 11 is 0. The van der Waals surface area contributed by atoms with Crippen LogP contribution in [0.4, 0.5) is 11.5 Å². The molecule has 6 heteroatoms. The highest BCUT2D eigenvalue weighted by Crippen LogP contribution is 2.34. The lowest BCUT2D eigenvalue weighted by molar-refractivity contribution is 0.355. The molecule has 3 aromatic carbocycles. The second-order valence-corrected chi connectivity index (χ2v) is 6.31. The summed E-state index contributed by atoms with van der Waals surface area (Å²) in [6, 6.07) is 21.2. The van der Waals surface area contributed by atoms with Crippen LogP contribution in [-0.4, -0.2) is 31.3 Å². The Morgan fingerprint density at radius 3 is 2.21 bits per heavy atom. The van der Waals surface area contributed by atoms with E-state index >= 15 is 0 Å². The highest BCUT2D eigenvalue weighted by molar-refractivity contribution is 5.92. The van der Waals surface area contributed by atoms with E-state index in [1.165, 1.54) is 0 Å². The molecule has 29 heavy (non-hydrogen) atoms. The Balaban J connectivity index is 1.85. The van der Waals surface area contributed by atoms with Gasteiger partial charge in [0.2, 0.25) is 0 Å². The minimum absolute atomic E-state index is 0.585. The molecule has 0 amide bonds. The molecule has 6 nitrogen and oxygen atoms in total. The summed E-state index contributed by atoms with van der Waals surface area (Å²) in [5, 5.41) is 4.31. The van der Waals surface area contributed by atoms with Crippen LogP contribution in [0.3, 0.4) is 0 Å². The largest absolute Gasteiger partial charge is 0.495 e. The Hall–Kier alpha value is -3.80. The number of fused-ring (bicyclic) bond motifs is 1. The van der Waals surface area contributed by atoms with Gasteiger partial charge in [-0.2, -0.15) is 0 Å². The van der Waals surface area contributed by atoms with Crippen molar-refractivity contribution in [2.24, 2.45) is 0 Å². The van der Waals surface area contributed by atoms with Crippen molar-refractivity contribution in [2.75, 3.05) is 26.6 Å². The molecule has 0 radical (unpaired) electrons. The highest BCUT2D eigenvalue weighted by atomic mass is 16.5. The first kappa shape index (κ1) is 18.6. The lowest BCUT2D eigenvalue weighted by Gasteiger charge is -2.14. The smallest absolute Gasteiger partial charge is 0.162 e. The van der Waals surface area contributed by atoms with E-state index in [9.17, 15) is 0 Å². The van der Waals surface area contributed by atoms with Crippen LogP contribution in [0.2, 0.25) is 0 Å². The van der Waals surface area contributed by atoms with E-state index in [-0.39, 0.29) is 0 Å². The number of rotatable bonds is 6. The Kier molecular flexibility index (Phi) is 5.16. The molecule has 0 aliphatic rings. The summed E-state index contributed by atoms with van der Waals surface area (Å²) in [4.78, 5) is 9.54. The van der Waals surface area contributed by atoms with Crippen molar-refractivity contribution in [3.05, 3.63) is 66.7 Å². The summed E-state index contributed by atoms with van der Waals surface area (Å²) in [5.41, 5.74) is 2.50. The Morgan fingerprint density at radius 1 is 0.690 bits per heavy atom. The van der Waals surface area contributed by atoms with Gasteiger partial charge in [-0.25, -0.2) is 9.97 Å². The zero-order chi connectivity index (χ0) is 20.2. The average molecular weight is 387 g/mol. The third-order valence-corrected chi connectivity index (χ3v) is 4.61. The van der Waals surface area contributed by atoms with Crippen LogP contribution in [0.15, 0.2) is 66.7 Å². The van der Waals surface area contributed by atoms with Gasteiger partial charge in [0.15, 0.2) is 17.3 Å². The number of para-hydroxylation sites is 3. The van der Waals surface area contributed by atoms with Crippen molar-refractivity contribution in [3.63, 3.8) is 0 Å². The number of hydrogen-bond donors (Lipinski definition) is 1. The SMILES string of the molecule is COc1ccccc1Nc1nc(-c2ccc(OC)c(OC)c2)nc2ccccc12. The molecule has 0 unspecified atom stereocenters. The van der Waals surface area contributed by atoms with Crippen molar-refractivity contribution in [1.29, 1.82) is 0 Å². The van der Waals surface area contributed by atoms with Crippen LogP contribution in [0.5, 0.6) is 17.2 Å². The van der Waals surface area contributed by atoms with Crippen molar-refractivity contribution in [1.82, 2.24) is 9.97 Å². The molecule has 1 aromatic heterocycles. The molecule has 0 fully saturated rings. The van der Waals surface area contributed by atoms with Crippen molar-refractivity contribution < 1.29 is 14.2 Å². The number of aromatic nitrogens is 2. The third-order valence-electron chi connectivity index (χ3n) is 4.61. The maximum atomic E-state index is 5.46. The van der Waals surface area contributed by atoms with Crippen molar-refractivity contribution in [3.8, 4) is 28.6 Å². The number of benzene rings is 3. The Labute approximate surface area is 169 Å². The first-order valence-electron chi connectivity index (χ1n) is 9.12. The van der Waals surface area contributed by atoms with Crippen LogP contribution in [-0.2, 0) is 0 Å². The summed E-state index contributed by atoms with van der Waals surface area (Å²) in [5.74, 6) is 3.31. The quantitative estimate of drug-likeness (QED) is 0.498. The number of hydrogen-bond acceptors (Lipinski definition) is 6. The van der Waals surface area contributed by atoms with E-state index in [2.05, 4.69) is 5.32 Å². The zero-order valence-electron chi connectivity index (χ0n) is 16.5. The molecular weight excluding hydrogens is 366 g/mol. The molecule has 146 valence electrons. The summed E-state index contributed by atoms with van der Waals surface area (Å²) in [7, 11) is 4.87. The molecule has 0 atom stereocenters. The standard InChI is InChI=1S/C23H21N3O3/c1-27-19-11-7-6-10-18(19)25-23-16-8-4-5-9-17(16)24-22(26-23)15-12-13-20(28-2)21(14-15)29-3/h4-14H,1-3H3,(H,24,25,26). The van der Waals surface area contributed by atoms with Crippen LogP contribution in [0, 0.1) is 0 Å². The van der Waals surface area contributed by atoms with E-state index in [0.29, 0.717) is 23.1 Å². The molecule has 4 aromatic rings. The molecule has 0 aliphatic carbocycles. The van der Waals surface area contributed by atoms with Gasteiger partial charge in [0.25, 0.3) is 0 Å². The normalized spacial score (nSPS) is 10.6. The monoisotopic (exact) mass is 387 g/mol. The fraction of sp³-hybridized carbons (Fsp3) is 0.130. The van der Waals surface area contributed by atoms with Gasteiger partial charge in [0.05, 0.1) is 32.5 Å². The van der Waals surface area contributed by atoms with Crippen LogP contribution in [0.1, 0.15) is 0 Å². The van der Waals surface area contributed by atoms with E-state index < -0.39 is 0 Å². The van der Waals surface area contributed by atoms with Crippen LogP contribution < -0.4 is 19.5 Å². The van der Waals surface area contributed by atoms with Gasteiger partial charge in [-0.1, -0.05) is 24.3 Å². The average Bonchev–Trinajstić information content (AvgIpc) is 2.78. The van der Waals surface area contributed by atoms with Crippen molar-refractivity contribution >= 4 is 22.4 Å². The fourth-order valence-corrected chi connectivity index (χ4v) is 3.15. The second kappa shape index (κ2) is 8.06. The molecule has 1 N–H and O–H groups in total. The first-order valence-corrected chi connectivity index (χ1v) is 9.12. The lowest BCUT2D eigenvalue weighted by Crippen LogP contribution is -2.01. The molecule has 0 spiro atoms. The number of methoxy groups -OCH3 is 3. The summed E-state index contributed by atoms with van der Waals surface area (Å²) < 4.78 is 16.2. The minimum Gasteiger partial charge on any atom is -0.495 e.